The van der Waals surface area contributed by atoms with E-state index in [1.54, 1.807) is 6.26 Å². The maximum absolute atomic E-state index is 5.41. The van der Waals surface area contributed by atoms with Crippen molar-refractivity contribution in [2.45, 2.75) is 32.7 Å². The van der Waals surface area contributed by atoms with Crippen LogP contribution < -0.4 is 5.32 Å². The predicted octanol–water partition coefficient (Wildman–Crippen LogP) is 1.89. The molecule has 1 saturated heterocycles. The van der Waals surface area contributed by atoms with Crippen LogP contribution in [0, 0.1) is 5.92 Å². The lowest BCUT2D eigenvalue weighted by atomic mass is 9.96. The van der Waals surface area contributed by atoms with Crippen molar-refractivity contribution in [3.63, 3.8) is 0 Å². The van der Waals surface area contributed by atoms with E-state index in [0.29, 0.717) is 6.54 Å². The first-order valence-corrected chi connectivity index (χ1v) is 7.76. The third-order valence-electron chi connectivity index (χ3n) is 3.79. The smallest absolute Gasteiger partial charge is 0.194 e. The van der Waals surface area contributed by atoms with Gasteiger partial charge in [0.15, 0.2) is 5.96 Å². The highest BCUT2D eigenvalue weighted by Gasteiger charge is 2.15. The van der Waals surface area contributed by atoms with E-state index >= 15 is 0 Å². The monoisotopic (exact) mass is 294 g/mol. The number of nitrogens with one attached hydrogen (secondary N) is 1. The molecule has 0 saturated carbocycles. The van der Waals surface area contributed by atoms with Crippen LogP contribution in [-0.2, 0) is 11.3 Å². The first kappa shape index (κ1) is 15.8. The molecule has 0 unspecified atom stereocenters. The van der Waals surface area contributed by atoms with Crippen LogP contribution in [0.5, 0.6) is 0 Å². The molecule has 118 valence electrons. The van der Waals surface area contributed by atoms with Gasteiger partial charge in [0.2, 0.25) is 0 Å². The van der Waals surface area contributed by atoms with Crippen LogP contribution in [0.25, 0.3) is 0 Å². The van der Waals surface area contributed by atoms with Gasteiger partial charge in [0.05, 0.1) is 6.54 Å². The summed E-state index contributed by atoms with van der Waals surface area (Å²) in [6, 6.07) is 1.84. The summed E-state index contributed by atoms with van der Waals surface area (Å²) < 4.78 is 10.2. The molecular weight excluding hydrogens is 268 g/mol. The zero-order chi connectivity index (χ0) is 14.9. The van der Waals surface area contributed by atoms with Gasteiger partial charge in [-0.2, -0.15) is 0 Å². The number of hydrogen-bond donors (Lipinski definition) is 1. The van der Waals surface area contributed by atoms with Gasteiger partial charge in [-0.15, -0.1) is 0 Å². The predicted molar refractivity (Wildman–Crippen MR) is 82.1 cm³/mol. The topological polar surface area (TPSA) is 62.9 Å². The number of aliphatic imine (C=N–C) groups is 1. The van der Waals surface area contributed by atoms with Crippen LogP contribution >= 0.6 is 0 Å². The molecule has 0 aliphatic carbocycles. The summed E-state index contributed by atoms with van der Waals surface area (Å²) in [5.74, 6) is 1.70. The Hall–Kier alpha value is -1.56. The molecule has 6 heteroatoms. The molecule has 1 fully saturated rings. The largest absolute Gasteiger partial charge is 0.381 e. The minimum Gasteiger partial charge on any atom is -0.381 e. The van der Waals surface area contributed by atoms with Gasteiger partial charge in [-0.1, -0.05) is 5.16 Å². The third-order valence-corrected chi connectivity index (χ3v) is 3.79. The van der Waals surface area contributed by atoms with Gasteiger partial charge < -0.3 is 19.5 Å². The maximum atomic E-state index is 5.41. The molecule has 2 rings (SSSR count). The van der Waals surface area contributed by atoms with Gasteiger partial charge in [-0.25, -0.2) is 4.99 Å². The first-order valence-electron chi connectivity index (χ1n) is 7.76. The number of nitrogens with zero attached hydrogens (tertiary/aromatic N) is 3. The molecule has 0 amide bonds. The molecule has 1 N–H and O–H groups in total. The van der Waals surface area contributed by atoms with E-state index in [0.717, 1.165) is 43.9 Å². The number of guanidine groups is 1. The molecule has 1 aromatic heterocycles. The van der Waals surface area contributed by atoms with Gasteiger partial charge >= 0.3 is 0 Å². The molecule has 6 nitrogen and oxygen atoms in total. The molecule has 0 aromatic carbocycles. The normalized spacial score (nSPS) is 17.0. The summed E-state index contributed by atoms with van der Waals surface area (Å²) in [5, 5.41) is 7.21. The minimum atomic E-state index is 0.542. The van der Waals surface area contributed by atoms with Crippen molar-refractivity contribution in [2.24, 2.45) is 10.9 Å². The van der Waals surface area contributed by atoms with Crippen molar-refractivity contribution >= 4 is 5.96 Å². The van der Waals surface area contributed by atoms with E-state index < -0.39 is 0 Å². The average Bonchev–Trinajstić information content (AvgIpc) is 3.03. The van der Waals surface area contributed by atoms with Crippen molar-refractivity contribution in [3.8, 4) is 0 Å². The number of hydrogen-bond acceptors (Lipinski definition) is 4. The fourth-order valence-electron chi connectivity index (χ4n) is 2.46. The highest BCUT2D eigenvalue weighted by molar-refractivity contribution is 5.79. The van der Waals surface area contributed by atoms with Crippen LogP contribution in [-0.4, -0.2) is 49.4 Å². The minimum absolute atomic E-state index is 0.542. The van der Waals surface area contributed by atoms with E-state index in [9.17, 15) is 0 Å². The molecule has 1 aliphatic rings. The van der Waals surface area contributed by atoms with Gasteiger partial charge in [-0.3, -0.25) is 0 Å². The number of aromatic nitrogens is 1. The van der Waals surface area contributed by atoms with E-state index in [4.69, 9.17) is 9.26 Å². The van der Waals surface area contributed by atoms with E-state index in [1.165, 1.54) is 19.3 Å². The average molecular weight is 294 g/mol. The second-order valence-electron chi connectivity index (χ2n) is 5.43. The molecule has 1 aliphatic heterocycles. The van der Waals surface area contributed by atoms with Crippen molar-refractivity contribution in [2.75, 3.05) is 33.4 Å². The van der Waals surface area contributed by atoms with E-state index in [1.807, 2.05) is 6.07 Å². The fraction of sp³-hybridized carbons (Fsp3) is 0.733. The first-order chi connectivity index (χ1) is 10.3. The van der Waals surface area contributed by atoms with Gasteiger partial charge in [0.25, 0.3) is 0 Å². The summed E-state index contributed by atoms with van der Waals surface area (Å²) in [6.45, 7) is 6.32. The molecule has 0 spiro atoms. The quantitative estimate of drug-likeness (QED) is 0.641. The zero-order valence-corrected chi connectivity index (χ0v) is 13.0. The molecule has 21 heavy (non-hydrogen) atoms. The molecule has 2 heterocycles. The van der Waals surface area contributed by atoms with Crippen LogP contribution in [0.2, 0.25) is 0 Å². The number of ether oxygens (including phenoxy) is 1. The summed E-state index contributed by atoms with van der Waals surface area (Å²) >= 11 is 0. The highest BCUT2D eigenvalue weighted by Crippen LogP contribution is 2.18. The lowest BCUT2D eigenvalue weighted by Gasteiger charge is -2.26. The summed E-state index contributed by atoms with van der Waals surface area (Å²) in [6.07, 6.45) is 5.13. The Morgan fingerprint density at radius 1 is 1.48 bits per heavy atom. The number of rotatable bonds is 6. The van der Waals surface area contributed by atoms with Crippen LogP contribution in [0.1, 0.15) is 31.9 Å². The van der Waals surface area contributed by atoms with Crippen LogP contribution in [0.15, 0.2) is 21.8 Å². The molecule has 0 atom stereocenters. The Morgan fingerprint density at radius 3 is 2.95 bits per heavy atom. The summed E-state index contributed by atoms with van der Waals surface area (Å²) in [4.78, 5) is 6.80. The summed E-state index contributed by atoms with van der Waals surface area (Å²) in [5.41, 5.74) is 0.850. The van der Waals surface area contributed by atoms with Crippen molar-refractivity contribution < 1.29 is 9.26 Å². The summed E-state index contributed by atoms with van der Waals surface area (Å²) in [7, 11) is 2.09. The SMILES string of the molecule is CCNC(=NCc1ccon1)N(C)CCC1CCOCC1. The molecular formula is C15H26N4O2. The van der Waals surface area contributed by atoms with Crippen LogP contribution in [0.4, 0.5) is 0 Å². The Labute approximate surface area is 126 Å². The Morgan fingerprint density at radius 2 is 2.29 bits per heavy atom. The molecule has 1 aromatic rings. The second kappa shape index (κ2) is 8.67. The van der Waals surface area contributed by atoms with Crippen molar-refractivity contribution in [1.82, 2.24) is 15.4 Å². The zero-order valence-electron chi connectivity index (χ0n) is 13.0. The van der Waals surface area contributed by atoms with E-state index in [-0.39, 0.29) is 0 Å². The molecule has 0 bridgehead atoms. The fourth-order valence-corrected chi connectivity index (χ4v) is 2.46. The Balaban J connectivity index is 1.82. The van der Waals surface area contributed by atoms with Crippen molar-refractivity contribution in [3.05, 3.63) is 18.0 Å². The Kier molecular flexibility index (Phi) is 6.53. The Bertz CT molecular complexity index is 413. The van der Waals surface area contributed by atoms with Gasteiger partial charge in [0, 0.05) is 39.4 Å². The van der Waals surface area contributed by atoms with Gasteiger partial charge in [0.1, 0.15) is 12.0 Å². The lowest BCUT2D eigenvalue weighted by Crippen LogP contribution is -2.40. The lowest BCUT2D eigenvalue weighted by molar-refractivity contribution is 0.0625. The standard InChI is InChI=1S/C15H26N4O2/c1-3-16-15(17-12-14-7-11-21-18-14)19(2)8-4-13-5-9-20-10-6-13/h7,11,13H,3-6,8-10,12H2,1-2H3,(H,16,17). The van der Waals surface area contributed by atoms with Crippen LogP contribution in [0.3, 0.4) is 0 Å². The molecule has 0 radical (unpaired) electrons. The third kappa shape index (κ3) is 5.38. The van der Waals surface area contributed by atoms with Crippen molar-refractivity contribution in [1.29, 1.82) is 0 Å². The second-order valence-corrected chi connectivity index (χ2v) is 5.43. The highest BCUT2D eigenvalue weighted by atomic mass is 16.5. The maximum Gasteiger partial charge on any atom is 0.194 e. The van der Waals surface area contributed by atoms with Gasteiger partial charge in [-0.05, 0) is 32.1 Å². The van der Waals surface area contributed by atoms with E-state index in [2.05, 4.69) is 34.3 Å².